The summed E-state index contributed by atoms with van der Waals surface area (Å²) in [6, 6.07) is 6.26. The van der Waals surface area contributed by atoms with E-state index in [0.29, 0.717) is 17.8 Å². The maximum absolute atomic E-state index is 11.3. The van der Waals surface area contributed by atoms with E-state index < -0.39 is 5.91 Å². The van der Waals surface area contributed by atoms with Gasteiger partial charge in [0.25, 0.3) is 5.91 Å². The largest absolute Gasteiger partial charge is 0.364 e. The summed E-state index contributed by atoms with van der Waals surface area (Å²) in [6.45, 7) is 3.09. The quantitative estimate of drug-likeness (QED) is 0.856. The van der Waals surface area contributed by atoms with E-state index in [1.54, 1.807) is 6.07 Å². The molecule has 1 aromatic rings. The summed E-state index contributed by atoms with van der Waals surface area (Å²) in [4.78, 5) is 18.0. The highest BCUT2D eigenvalue weighted by Crippen LogP contribution is 2.26. The second-order valence-corrected chi connectivity index (χ2v) is 5.51. The summed E-state index contributed by atoms with van der Waals surface area (Å²) in [5.74, 6) is 0.373. The Morgan fingerprint density at radius 2 is 2.05 bits per heavy atom. The first-order valence-electron chi connectivity index (χ1n) is 7.41. The molecule has 110 valence electrons. The molecular weight excluding hydrogens is 252 g/mol. The lowest BCUT2D eigenvalue weighted by Crippen LogP contribution is -2.42. The lowest BCUT2D eigenvalue weighted by molar-refractivity contribution is 0.0995. The first kappa shape index (κ1) is 14.8. The van der Waals surface area contributed by atoms with Crippen LogP contribution in [0.3, 0.4) is 0 Å². The molecule has 0 aromatic carbocycles. The molecule has 0 bridgehead atoms. The number of primary amides is 1. The van der Waals surface area contributed by atoms with Crippen molar-refractivity contribution in [1.82, 2.24) is 4.98 Å². The highest BCUT2D eigenvalue weighted by Gasteiger charge is 2.25. The number of rotatable bonds is 5. The van der Waals surface area contributed by atoms with E-state index in [4.69, 9.17) is 11.5 Å². The third kappa shape index (κ3) is 3.48. The fourth-order valence-corrected chi connectivity index (χ4v) is 2.86. The molecule has 1 saturated carbocycles. The van der Waals surface area contributed by atoms with Gasteiger partial charge in [0.2, 0.25) is 0 Å². The molecule has 1 heterocycles. The maximum Gasteiger partial charge on any atom is 0.267 e. The fraction of sp³-hybridized carbons (Fsp3) is 0.600. The first-order valence-corrected chi connectivity index (χ1v) is 7.41. The summed E-state index contributed by atoms with van der Waals surface area (Å²) in [5, 5.41) is 0. The van der Waals surface area contributed by atoms with Gasteiger partial charge in [-0.15, -0.1) is 0 Å². The van der Waals surface area contributed by atoms with Crippen LogP contribution in [0.25, 0.3) is 0 Å². The molecule has 20 heavy (non-hydrogen) atoms. The Kier molecular flexibility index (Phi) is 4.95. The Morgan fingerprint density at radius 1 is 1.35 bits per heavy atom. The number of hydrogen-bond donors (Lipinski definition) is 2. The van der Waals surface area contributed by atoms with Gasteiger partial charge in [0.15, 0.2) is 0 Å². The number of nitrogens with zero attached hydrogens (tertiary/aromatic N) is 2. The normalized spacial score (nSPS) is 22.5. The summed E-state index contributed by atoms with van der Waals surface area (Å²) in [6.07, 6.45) is 5.33. The van der Waals surface area contributed by atoms with Crippen LogP contribution in [-0.2, 0) is 0 Å². The minimum Gasteiger partial charge on any atom is -0.364 e. The van der Waals surface area contributed by atoms with Gasteiger partial charge in [-0.05, 0) is 44.2 Å². The zero-order chi connectivity index (χ0) is 14.5. The number of amides is 1. The van der Waals surface area contributed by atoms with Crippen molar-refractivity contribution in [3.63, 3.8) is 0 Å². The molecule has 1 aliphatic carbocycles. The molecule has 1 fully saturated rings. The smallest absolute Gasteiger partial charge is 0.267 e. The Morgan fingerprint density at radius 3 is 2.65 bits per heavy atom. The number of nitrogens with two attached hydrogens (primary N) is 2. The Bertz CT molecular complexity index is 455. The highest BCUT2D eigenvalue weighted by atomic mass is 16.1. The van der Waals surface area contributed by atoms with Gasteiger partial charge in [-0.3, -0.25) is 4.79 Å². The van der Waals surface area contributed by atoms with Gasteiger partial charge in [-0.1, -0.05) is 13.0 Å². The van der Waals surface area contributed by atoms with E-state index in [1.807, 2.05) is 12.1 Å². The monoisotopic (exact) mass is 276 g/mol. The van der Waals surface area contributed by atoms with Crippen LogP contribution in [0.2, 0.25) is 0 Å². The molecule has 5 nitrogen and oxygen atoms in total. The predicted octanol–water partition coefficient (Wildman–Crippen LogP) is 1.67. The van der Waals surface area contributed by atoms with Crippen LogP contribution in [0.15, 0.2) is 18.2 Å². The minimum absolute atomic E-state index is 0.330. The molecule has 1 aliphatic rings. The summed E-state index contributed by atoms with van der Waals surface area (Å²) in [5.41, 5.74) is 11.6. The average molecular weight is 276 g/mol. The molecular formula is C15H24N4O. The van der Waals surface area contributed by atoms with Crippen LogP contribution in [0.4, 0.5) is 5.82 Å². The van der Waals surface area contributed by atoms with E-state index in [1.165, 1.54) is 0 Å². The molecule has 2 rings (SSSR count). The Hall–Kier alpha value is -1.62. The molecule has 5 heteroatoms. The molecule has 0 atom stereocenters. The van der Waals surface area contributed by atoms with E-state index in [-0.39, 0.29) is 0 Å². The molecule has 0 spiro atoms. The summed E-state index contributed by atoms with van der Waals surface area (Å²) in [7, 11) is 0. The first-order chi connectivity index (χ1) is 9.61. The number of hydrogen-bond acceptors (Lipinski definition) is 4. The lowest BCUT2D eigenvalue weighted by atomic mass is 9.90. The standard InChI is InChI=1S/C15H24N4O/c1-2-10-19(12-8-6-11(16)7-9-12)14-5-3-4-13(18-14)15(17)20/h3-5,11-12H,2,6-10,16H2,1H3,(H2,17,20). The van der Waals surface area contributed by atoms with Gasteiger partial charge in [0, 0.05) is 18.6 Å². The van der Waals surface area contributed by atoms with Crippen molar-refractivity contribution in [3.05, 3.63) is 23.9 Å². The van der Waals surface area contributed by atoms with Crippen molar-refractivity contribution >= 4 is 11.7 Å². The summed E-state index contributed by atoms with van der Waals surface area (Å²) >= 11 is 0. The van der Waals surface area contributed by atoms with E-state index >= 15 is 0 Å². The van der Waals surface area contributed by atoms with Crippen LogP contribution in [-0.4, -0.2) is 29.5 Å². The molecule has 0 radical (unpaired) electrons. The molecule has 0 saturated heterocycles. The van der Waals surface area contributed by atoms with E-state index in [0.717, 1.165) is 44.5 Å². The van der Waals surface area contributed by atoms with Crippen molar-refractivity contribution in [2.24, 2.45) is 11.5 Å². The Balaban J connectivity index is 2.19. The predicted molar refractivity (Wildman–Crippen MR) is 80.6 cm³/mol. The number of pyridine rings is 1. The summed E-state index contributed by atoms with van der Waals surface area (Å²) < 4.78 is 0. The second-order valence-electron chi connectivity index (χ2n) is 5.51. The number of anilines is 1. The van der Waals surface area contributed by atoms with Gasteiger partial charge >= 0.3 is 0 Å². The SMILES string of the molecule is CCCN(c1cccc(C(N)=O)n1)C1CCC(N)CC1. The van der Waals surface area contributed by atoms with Gasteiger partial charge < -0.3 is 16.4 Å². The zero-order valence-electron chi connectivity index (χ0n) is 12.1. The van der Waals surface area contributed by atoms with Crippen molar-refractivity contribution < 1.29 is 4.79 Å². The molecule has 0 aliphatic heterocycles. The van der Waals surface area contributed by atoms with Crippen molar-refractivity contribution in [1.29, 1.82) is 0 Å². The van der Waals surface area contributed by atoms with Crippen LogP contribution >= 0.6 is 0 Å². The second kappa shape index (κ2) is 6.70. The van der Waals surface area contributed by atoms with Crippen LogP contribution < -0.4 is 16.4 Å². The van der Waals surface area contributed by atoms with Crippen molar-refractivity contribution in [2.45, 2.75) is 51.1 Å². The van der Waals surface area contributed by atoms with Crippen LogP contribution in [0.1, 0.15) is 49.5 Å². The highest BCUT2D eigenvalue weighted by molar-refractivity contribution is 5.91. The fourth-order valence-electron chi connectivity index (χ4n) is 2.86. The average Bonchev–Trinajstić information content (AvgIpc) is 2.46. The van der Waals surface area contributed by atoms with Gasteiger partial charge in [0.05, 0.1) is 0 Å². The van der Waals surface area contributed by atoms with Gasteiger partial charge in [-0.25, -0.2) is 4.98 Å². The maximum atomic E-state index is 11.3. The third-order valence-electron chi connectivity index (χ3n) is 3.93. The Labute approximate surface area is 120 Å². The van der Waals surface area contributed by atoms with E-state index in [2.05, 4.69) is 16.8 Å². The van der Waals surface area contributed by atoms with E-state index in [9.17, 15) is 4.79 Å². The molecule has 1 aromatic heterocycles. The van der Waals surface area contributed by atoms with Crippen molar-refractivity contribution in [3.8, 4) is 0 Å². The number of carbonyl (C=O) groups is 1. The third-order valence-corrected chi connectivity index (χ3v) is 3.93. The van der Waals surface area contributed by atoms with Gasteiger partial charge in [0.1, 0.15) is 11.5 Å². The zero-order valence-corrected chi connectivity index (χ0v) is 12.1. The van der Waals surface area contributed by atoms with Crippen LogP contribution in [0.5, 0.6) is 0 Å². The van der Waals surface area contributed by atoms with Gasteiger partial charge in [-0.2, -0.15) is 0 Å². The molecule has 0 unspecified atom stereocenters. The van der Waals surface area contributed by atoms with Crippen LogP contribution in [0, 0.1) is 0 Å². The number of aromatic nitrogens is 1. The molecule has 4 N–H and O–H groups in total. The van der Waals surface area contributed by atoms with Crippen molar-refractivity contribution in [2.75, 3.05) is 11.4 Å². The minimum atomic E-state index is -0.478. The lowest BCUT2D eigenvalue weighted by Gasteiger charge is -2.37. The molecule has 1 amide bonds. The number of carbonyl (C=O) groups excluding carboxylic acids is 1. The topological polar surface area (TPSA) is 85.2 Å².